The Labute approximate surface area is 163 Å². The lowest BCUT2D eigenvalue weighted by Crippen LogP contribution is -2.36. The lowest BCUT2D eigenvalue weighted by Gasteiger charge is -2.26. The van der Waals surface area contributed by atoms with Gasteiger partial charge >= 0.3 is 0 Å². The van der Waals surface area contributed by atoms with Crippen molar-refractivity contribution in [3.05, 3.63) is 18.0 Å². The van der Waals surface area contributed by atoms with Crippen LogP contribution in [0.5, 0.6) is 0 Å². The van der Waals surface area contributed by atoms with Crippen molar-refractivity contribution in [2.75, 3.05) is 64.8 Å². The van der Waals surface area contributed by atoms with Crippen LogP contribution in [0.3, 0.4) is 0 Å². The molecule has 0 bridgehead atoms. The molecule has 2 aliphatic rings. The van der Waals surface area contributed by atoms with Crippen molar-refractivity contribution < 1.29 is 5.11 Å². The van der Waals surface area contributed by atoms with Gasteiger partial charge in [0.05, 0.1) is 0 Å². The molecular weight excluding hydrogens is 340 g/mol. The predicted octanol–water partition coefficient (Wildman–Crippen LogP) is 0.975. The number of rotatable bonds is 7. The number of likely N-dealkylation sites (tertiary alicyclic amines) is 1. The maximum Gasteiger partial charge on any atom is 0.222 e. The second kappa shape index (κ2) is 9.78. The average molecular weight is 377 g/mol. The van der Waals surface area contributed by atoms with Crippen molar-refractivity contribution in [2.24, 2.45) is 11.8 Å². The highest BCUT2D eigenvalue weighted by Gasteiger charge is 2.33. The summed E-state index contributed by atoms with van der Waals surface area (Å²) in [4.78, 5) is 16.3. The van der Waals surface area contributed by atoms with E-state index in [9.17, 15) is 5.11 Å². The van der Waals surface area contributed by atoms with Gasteiger partial charge in [-0.05, 0) is 52.2 Å². The largest absolute Gasteiger partial charge is 0.396 e. The van der Waals surface area contributed by atoms with Gasteiger partial charge in [-0.15, -0.1) is 0 Å². The summed E-state index contributed by atoms with van der Waals surface area (Å²) in [5, 5.41) is 13.1. The van der Waals surface area contributed by atoms with Gasteiger partial charge in [-0.1, -0.05) is 0 Å². The molecule has 0 amide bonds. The fraction of sp³-hybridized carbons (Fsp3) is 0.800. The first-order valence-corrected chi connectivity index (χ1v) is 10.3. The van der Waals surface area contributed by atoms with Crippen LogP contribution in [-0.4, -0.2) is 95.3 Å². The Kier molecular flexibility index (Phi) is 7.41. The Hall–Kier alpha value is -1.28. The Balaban J connectivity index is 1.52. The van der Waals surface area contributed by atoms with Crippen LogP contribution in [0, 0.1) is 11.8 Å². The van der Waals surface area contributed by atoms with Gasteiger partial charge in [0.25, 0.3) is 0 Å². The van der Waals surface area contributed by atoms with Crippen molar-refractivity contribution in [3.8, 4) is 0 Å². The number of nitrogens with zero attached hydrogens (tertiary/aromatic N) is 5. The highest BCUT2D eigenvalue weighted by atomic mass is 16.3. The van der Waals surface area contributed by atoms with Crippen molar-refractivity contribution in [3.63, 3.8) is 0 Å². The van der Waals surface area contributed by atoms with Crippen LogP contribution in [-0.2, 0) is 6.54 Å². The van der Waals surface area contributed by atoms with Gasteiger partial charge in [0.15, 0.2) is 0 Å². The van der Waals surface area contributed by atoms with E-state index in [0.717, 1.165) is 44.8 Å². The molecule has 7 nitrogen and oxygen atoms in total. The number of aromatic nitrogens is 2. The van der Waals surface area contributed by atoms with Gasteiger partial charge in [-0.2, -0.15) is 0 Å². The fourth-order valence-corrected chi connectivity index (χ4v) is 4.22. The molecule has 0 saturated carbocycles. The summed E-state index contributed by atoms with van der Waals surface area (Å²) < 4.78 is 0. The third-order valence-electron chi connectivity index (χ3n) is 5.72. The molecule has 2 aliphatic heterocycles. The lowest BCUT2D eigenvalue weighted by atomic mass is 9.96. The van der Waals surface area contributed by atoms with Crippen LogP contribution in [0.4, 0.5) is 5.95 Å². The summed E-state index contributed by atoms with van der Waals surface area (Å²) in [6.07, 6.45) is 5.08. The number of hydrogen-bond acceptors (Lipinski definition) is 7. The Bertz CT molecular complexity index is 566. The van der Waals surface area contributed by atoms with Crippen LogP contribution in [0.15, 0.2) is 12.4 Å². The molecule has 3 heterocycles. The topological polar surface area (TPSA) is 67.8 Å². The van der Waals surface area contributed by atoms with Gasteiger partial charge < -0.3 is 20.2 Å². The monoisotopic (exact) mass is 376 g/mol. The summed E-state index contributed by atoms with van der Waals surface area (Å²) >= 11 is 0. The summed E-state index contributed by atoms with van der Waals surface area (Å²) in [5.74, 6) is 1.60. The second-order valence-corrected chi connectivity index (χ2v) is 8.57. The second-order valence-electron chi connectivity index (χ2n) is 8.57. The number of hydrogen-bond donors (Lipinski definition) is 2. The lowest BCUT2D eigenvalue weighted by molar-refractivity contribution is 0.165. The zero-order valence-corrected chi connectivity index (χ0v) is 17.1. The number of nitrogens with one attached hydrogen (secondary N) is 1. The molecule has 2 fully saturated rings. The molecule has 1 aromatic rings. The van der Waals surface area contributed by atoms with Crippen LogP contribution in [0.2, 0.25) is 0 Å². The van der Waals surface area contributed by atoms with E-state index in [1.54, 1.807) is 0 Å². The molecule has 1 aromatic heterocycles. The molecule has 27 heavy (non-hydrogen) atoms. The molecule has 2 atom stereocenters. The van der Waals surface area contributed by atoms with E-state index < -0.39 is 0 Å². The first-order valence-electron chi connectivity index (χ1n) is 10.3. The number of aliphatic hydroxyl groups is 1. The van der Waals surface area contributed by atoms with Crippen LogP contribution >= 0.6 is 0 Å². The smallest absolute Gasteiger partial charge is 0.222 e. The first-order chi connectivity index (χ1) is 13.0. The van der Waals surface area contributed by atoms with Gasteiger partial charge in [-0.25, -0.2) is 9.97 Å². The van der Waals surface area contributed by atoms with E-state index >= 15 is 0 Å². The van der Waals surface area contributed by atoms with E-state index in [-0.39, 0.29) is 6.61 Å². The Morgan fingerprint density at radius 1 is 1.07 bits per heavy atom. The molecule has 0 aliphatic carbocycles. The maximum absolute atomic E-state index is 9.88. The summed E-state index contributed by atoms with van der Waals surface area (Å²) in [6, 6.07) is 0.333. The average Bonchev–Trinajstić information content (AvgIpc) is 2.89. The van der Waals surface area contributed by atoms with Crippen molar-refractivity contribution >= 4 is 5.95 Å². The molecule has 0 unspecified atom stereocenters. The quantitative estimate of drug-likeness (QED) is 0.735. The molecule has 7 heteroatoms. The minimum absolute atomic E-state index is 0.280. The molecule has 0 radical (unpaired) electrons. The molecule has 2 N–H and O–H groups in total. The SMILES string of the molecule is CC(C)Nc1ncc(CN2C[C@@H](CN3CCCN(C)CC3)[C@@H](CO)C2)cn1. The normalized spacial score (nSPS) is 25.8. The van der Waals surface area contributed by atoms with E-state index in [1.807, 2.05) is 12.4 Å². The highest BCUT2D eigenvalue weighted by molar-refractivity contribution is 5.25. The molecule has 0 aromatic carbocycles. The third kappa shape index (κ3) is 6.10. The maximum atomic E-state index is 9.88. The van der Waals surface area contributed by atoms with Crippen LogP contribution in [0.25, 0.3) is 0 Å². The van der Waals surface area contributed by atoms with E-state index in [4.69, 9.17) is 0 Å². The van der Waals surface area contributed by atoms with Crippen molar-refractivity contribution in [1.82, 2.24) is 24.7 Å². The molecule has 152 valence electrons. The van der Waals surface area contributed by atoms with Gasteiger partial charge in [0.1, 0.15) is 0 Å². The van der Waals surface area contributed by atoms with Gasteiger partial charge in [-0.3, -0.25) is 4.90 Å². The van der Waals surface area contributed by atoms with Crippen molar-refractivity contribution in [2.45, 2.75) is 32.9 Å². The number of anilines is 1. The van der Waals surface area contributed by atoms with Gasteiger partial charge in [0, 0.05) is 69.9 Å². The van der Waals surface area contributed by atoms with Crippen LogP contribution < -0.4 is 5.32 Å². The number of aliphatic hydroxyl groups excluding tert-OH is 1. The molecule has 3 rings (SSSR count). The van der Waals surface area contributed by atoms with E-state index in [0.29, 0.717) is 23.8 Å². The summed E-state index contributed by atoms with van der Waals surface area (Å²) in [6.45, 7) is 13.1. The predicted molar refractivity (Wildman–Crippen MR) is 109 cm³/mol. The highest BCUT2D eigenvalue weighted by Crippen LogP contribution is 2.26. The standard InChI is InChI=1S/C20H36N6O/c1-16(2)23-20-21-9-17(10-22-20)11-26-13-18(19(14-26)15-27)12-25-6-4-5-24(3)7-8-25/h9-10,16,18-19,27H,4-8,11-15H2,1-3H3,(H,21,22,23)/t18-,19-/m1/s1. The van der Waals surface area contributed by atoms with Gasteiger partial charge in [0.2, 0.25) is 5.95 Å². The zero-order valence-electron chi connectivity index (χ0n) is 17.1. The Morgan fingerprint density at radius 2 is 1.81 bits per heavy atom. The summed E-state index contributed by atoms with van der Waals surface area (Å²) in [5.41, 5.74) is 1.14. The minimum atomic E-state index is 0.280. The molecule has 0 spiro atoms. The fourth-order valence-electron chi connectivity index (χ4n) is 4.22. The van der Waals surface area contributed by atoms with E-state index in [1.165, 1.54) is 19.5 Å². The molecule has 2 saturated heterocycles. The zero-order chi connectivity index (χ0) is 19.2. The summed E-state index contributed by atoms with van der Waals surface area (Å²) in [7, 11) is 2.21. The third-order valence-corrected chi connectivity index (χ3v) is 5.72. The Morgan fingerprint density at radius 3 is 2.52 bits per heavy atom. The minimum Gasteiger partial charge on any atom is -0.396 e. The van der Waals surface area contributed by atoms with Crippen LogP contribution in [0.1, 0.15) is 25.8 Å². The van der Waals surface area contributed by atoms with E-state index in [2.05, 4.69) is 50.9 Å². The molecular formula is C20H36N6O. The number of likely N-dealkylation sites (N-methyl/N-ethyl adjacent to an activating group) is 1. The first kappa shape index (κ1) is 20.5. The van der Waals surface area contributed by atoms with Crippen molar-refractivity contribution in [1.29, 1.82) is 0 Å².